The van der Waals surface area contributed by atoms with Gasteiger partial charge in [-0.05, 0) is 37.1 Å². The summed E-state index contributed by atoms with van der Waals surface area (Å²) >= 11 is 7.88. The van der Waals surface area contributed by atoms with Crippen molar-refractivity contribution >= 4 is 23.4 Å². The SMILES string of the molecule is CC1(C)SCc2ccc(Cl)cc2C1N. The fourth-order valence-electron chi connectivity index (χ4n) is 1.71. The number of halogens is 1. The molecule has 2 rings (SSSR count). The van der Waals surface area contributed by atoms with Crippen LogP contribution in [0.25, 0.3) is 0 Å². The number of hydrogen-bond donors (Lipinski definition) is 1. The Balaban J connectivity index is 2.48. The van der Waals surface area contributed by atoms with Gasteiger partial charge in [0.05, 0.1) is 0 Å². The van der Waals surface area contributed by atoms with Gasteiger partial charge in [-0.25, -0.2) is 0 Å². The van der Waals surface area contributed by atoms with Crippen LogP contribution in [0.15, 0.2) is 18.2 Å². The average molecular weight is 228 g/mol. The average Bonchev–Trinajstić information content (AvgIpc) is 2.13. The van der Waals surface area contributed by atoms with Crippen LogP contribution in [0.5, 0.6) is 0 Å². The van der Waals surface area contributed by atoms with Gasteiger partial charge < -0.3 is 5.73 Å². The molecule has 1 unspecified atom stereocenters. The number of fused-ring (bicyclic) bond motifs is 1. The van der Waals surface area contributed by atoms with Crippen LogP contribution >= 0.6 is 23.4 Å². The molecule has 1 aromatic rings. The second-order valence-corrected chi connectivity index (χ2v) is 6.28. The molecule has 1 aromatic carbocycles. The van der Waals surface area contributed by atoms with Crippen LogP contribution in [-0.4, -0.2) is 4.75 Å². The lowest BCUT2D eigenvalue weighted by Gasteiger charge is -2.37. The van der Waals surface area contributed by atoms with Crippen molar-refractivity contribution in [3.8, 4) is 0 Å². The number of hydrogen-bond acceptors (Lipinski definition) is 2. The maximum absolute atomic E-state index is 6.21. The molecule has 0 spiro atoms. The van der Waals surface area contributed by atoms with E-state index >= 15 is 0 Å². The van der Waals surface area contributed by atoms with Crippen molar-refractivity contribution in [3.05, 3.63) is 34.3 Å². The van der Waals surface area contributed by atoms with Crippen LogP contribution in [-0.2, 0) is 5.75 Å². The summed E-state index contributed by atoms with van der Waals surface area (Å²) in [5.74, 6) is 1.03. The fraction of sp³-hybridized carbons (Fsp3) is 0.455. The Kier molecular flexibility index (Phi) is 2.54. The smallest absolute Gasteiger partial charge is 0.0442 e. The van der Waals surface area contributed by atoms with E-state index in [2.05, 4.69) is 19.9 Å². The third-order valence-corrected chi connectivity index (χ3v) is 4.48. The van der Waals surface area contributed by atoms with Crippen molar-refractivity contribution < 1.29 is 0 Å². The van der Waals surface area contributed by atoms with Crippen molar-refractivity contribution in [3.63, 3.8) is 0 Å². The molecule has 0 saturated carbocycles. The van der Waals surface area contributed by atoms with E-state index in [0.717, 1.165) is 10.8 Å². The molecule has 1 nitrogen and oxygen atoms in total. The molecule has 1 aliphatic rings. The van der Waals surface area contributed by atoms with Gasteiger partial charge in [0.1, 0.15) is 0 Å². The number of rotatable bonds is 0. The topological polar surface area (TPSA) is 26.0 Å². The maximum atomic E-state index is 6.21. The highest BCUT2D eigenvalue weighted by atomic mass is 35.5. The lowest BCUT2D eigenvalue weighted by Crippen LogP contribution is -2.35. The zero-order valence-corrected chi connectivity index (χ0v) is 9.95. The molecule has 14 heavy (non-hydrogen) atoms. The van der Waals surface area contributed by atoms with E-state index in [1.165, 1.54) is 11.1 Å². The van der Waals surface area contributed by atoms with Crippen molar-refractivity contribution in [2.75, 3.05) is 0 Å². The van der Waals surface area contributed by atoms with E-state index in [1.54, 1.807) is 0 Å². The first kappa shape index (κ1) is 10.3. The van der Waals surface area contributed by atoms with Gasteiger partial charge in [0, 0.05) is 21.6 Å². The van der Waals surface area contributed by atoms with E-state index in [-0.39, 0.29) is 10.8 Å². The van der Waals surface area contributed by atoms with Crippen LogP contribution in [0.4, 0.5) is 0 Å². The maximum Gasteiger partial charge on any atom is 0.0442 e. The van der Waals surface area contributed by atoms with Crippen LogP contribution in [0, 0.1) is 0 Å². The Morgan fingerprint density at radius 2 is 2.21 bits per heavy atom. The molecule has 0 aromatic heterocycles. The predicted molar refractivity (Wildman–Crippen MR) is 63.8 cm³/mol. The molecular formula is C11H14ClNS. The second-order valence-electron chi connectivity index (χ2n) is 4.21. The first-order chi connectivity index (χ1) is 6.50. The highest BCUT2D eigenvalue weighted by Gasteiger charge is 2.33. The fourth-order valence-corrected chi connectivity index (χ4v) is 2.99. The van der Waals surface area contributed by atoms with E-state index in [0.29, 0.717) is 0 Å². The van der Waals surface area contributed by atoms with Crippen molar-refractivity contribution in [1.29, 1.82) is 0 Å². The Morgan fingerprint density at radius 3 is 2.93 bits per heavy atom. The Bertz CT molecular complexity index is 362. The third kappa shape index (κ3) is 1.67. The summed E-state index contributed by atoms with van der Waals surface area (Å²) in [6, 6.07) is 6.10. The van der Waals surface area contributed by atoms with Gasteiger partial charge in [-0.1, -0.05) is 17.7 Å². The minimum atomic E-state index is 0.0787. The van der Waals surface area contributed by atoms with Crippen molar-refractivity contribution in [2.24, 2.45) is 5.73 Å². The standard InChI is InChI=1S/C11H14ClNS/c1-11(2)10(13)9-5-8(12)4-3-7(9)6-14-11/h3-5,10H,6,13H2,1-2H3. The summed E-state index contributed by atoms with van der Waals surface area (Å²) in [6.45, 7) is 4.37. The molecule has 0 aliphatic carbocycles. The third-order valence-electron chi connectivity index (χ3n) is 2.79. The van der Waals surface area contributed by atoms with Gasteiger partial charge in [-0.15, -0.1) is 11.8 Å². The summed E-state index contributed by atoms with van der Waals surface area (Å²) in [4.78, 5) is 0. The molecule has 0 saturated heterocycles. The number of nitrogens with two attached hydrogens (primary N) is 1. The Morgan fingerprint density at radius 1 is 1.50 bits per heavy atom. The van der Waals surface area contributed by atoms with Gasteiger partial charge >= 0.3 is 0 Å². The summed E-state index contributed by atoms with van der Waals surface area (Å²) in [6.07, 6.45) is 0. The summed E-state index contributed by atoms with van der Waals surface area (Å²) in [5, 5.41) is 0.780. The number of thioether (sulfide) groups is 1. The van der Waals surface area contributed by atoms with E-state index in [1.807, 2.05) is 23.9 Å². The molecule has 76 valence electrons. The van der Waals surface area contributed by atoms with Crippen LogP contribution in [0.3, 0.4) is 0 Å². The molecule has 0 bridgehead atoms. The van der Waals surface area contributed by atoms with Crippen molar-refractivity contribution in [1.82, 2.24) is 0 Å². The molecule has 1 atom stereocenters. The highest BCUT2D eigenvalue weighted by Crippen LogP contribution is 2.44. The summed E-state index contributed by atoms with van der Waals surface area (Å²) < 4.78 is 0.109. The van der Waals surface area contributed by atoms with Crippen LogP contribution < -0.4 is 5.73 Å². The van der Waals surface area contributed by atoms with Crippen LogP contribution in [0.1, 0.15) is 31.0 Å². The monoisotopic (exact) mass is 227 g/mol. The lowest BCUT2D eigenvalue weighted by molar-refractivity contribution is 0.552. The highest BCUT2D eigenvalue weighted by molar-refractivity contribution is 7.99. The molecule has 1 heterocycles. The van der Waals surface area contributed by atoms with Gasteiger partial charge in [0.2, 0.25) is 0 Å². The van der Waals surface area contributed by atoms with Crippen molar-refractivity contribution in [2.45, 2.75) is 30.4 Å². The first-order valence-electron chi connectivity index (χ1n) is 4.68. The zero-order chi connectivity index (χ0) is 10.3. The molecular weight excluding hydrogens is 214 g/mol. The Labute approximate surface area is 94.0 Å². The normalized spacial score (nSPS) is 24.4. The van der Waals surface area contributed by atoms with Gasteiger partial charge in [-0.3, -0.25) is 0 Å². The molecule has 0 radical (unpaired) electrons. The van der Waals surface area contributed by atoms with Crippen LogP contribution in [0.2, 0.25) is 5.02 Å². The van der Waals surface area contributed by atoms with E-state index < -0.39 is 0 Å². The first-order valence-corrected chi connectivity index (χ1v) is 6.05. The molecule has 2 N–H and O–H groups in total. The van der Waals surface area contributed by atoms with E-state index in [4.69, 9.17) is 17.3 Å². The minimum absolute atomic E-state index is 0.0787. The van der Waals surface area contributed by atoms with Gasteiger partial charge in [-0.2, -0.15) is 0 Å². The minimum Gasteiger partial charge on any atom is -0.323 e. The summed E-state index contributed by atoms with van der Waals surface area (Å²) in [7, 11) is 0. The predicted octanol–water partition coefficient (Wildman–Crippen LogP) is 3.37. The molecule has 1 aliphatic heterocycles. The largest absolute Gasteiger partial charge is 0.323 e. The quantitative estimate of drug-likeness (QED) is 0.736. The second kappa shape index (κ2) is 3.44. The van der Waals surface area contributed by atoms with Gasteiger partial charge in [0.25, 0.3) is 0 Å². The van der Waals surface area contributed by atoms with E-state index in [9.17, 15) is 0 Å². The van der Waals surface area contributed by atoms with Gasteiger partial charge in [0.15, 0.2) is 0 Å². The lowest BCUT2D eigenvalue weighted by atomic mass is 9.92. The molecule has 0 fully saturated rings. The molecule has 0 amide bonds. The Hall–Kier alpha value is -0.180. The number of benzene rings is 1. The summed E-state index contributed by atoms with van der Waals surface area (Å²) in [5.41, 5.74) is 8.75. The zero-order valence-electron chi connectivity index (χ0n) is 8.38. The molecule has 3 heteroatoms.